The molecule has 28 heavy (non-hydrogen) atoms. The highest BCUT2D eigenvalue weighted by atomic mass is 19.1. The Morgan fingerprint density at radius 2 is 1.89 bits per heavy atom. The molecule has 0 radical (unpaired) electrons. The van der Waals surface area contributed by atoms with E-state index in [0.29, 0.717) is 27.7 Å². The summed E-state index contributed by atoms with van der Waals surface area (Å²) in [6.07, 6.45) is 6.37. The monoisotopic (exact) mass is 370 g/mol. The van der Waals surface area contributed by atoms with Gasteiger partial charge >= 0.3 is 0 Å². The Balaban J connectivity index is 1.86. The number of nitrogens with one attached hydrogen (secondary N) is 1. The van der Waals surface area contributed by atoms with Gasteiger partial charge in [0.25, 0.3) is 0 Å². The molecule has 1 aromatic carbocycles. The molecule has 0 saturated carbocycles. The molecule has 5 nitrogen and oxygen atoms in total. The number of aromatic amines is 1. The number of hydrogen-bond donors (Lipinski definition) is 2. The summed E-state index contributed by atoms with van der Waals surface area (Å²) in [7, 11) is 0. The molecular formula is C22H15FN4O. The van der Waals surface area contributed by atoms with Gasteiger partial charge in [-0.25, -0.2) is 9.37 Å². The standard InChI is InChI=1S/C22H15FN4O/c23-17-10-26-22-21(20(17)15-6-2-1-4-14(15)12-28)16-8-18(25-11-19(16)27-22)13-5-3-7-24-9-13/h1-11,28H,12H2,(H,26,27). The van der Waals surface area contributed by atoms with E-state index < -0.39 is 5.82 Å². The quantitative estimate of drug-likeness (QED) is 0.491. The number of rotatable bonds is 3. The lowest BCUT2D eigenvalue weighted by molar-refractivity contribution is 0.282. The molecule has 136 valence electrons. The van der Waals surface area contributed by atoms with Gasteiger partial charge in [-0.3, -0.25) is 9.97 Å². The van der Waals surface area contributed by atoms with E-state index in [4.69, 9.17) is 0 Å². The van der Waals surface area contributed by atoms with Crippen LogP contribution in [0.3, 0.4) is 0 Å². The van der Waals surface area contributed by atoms with Gasteiger partial charge in [0.2, 0.25) is 0 Å². The molecule has 4 aromatic heterocycles. The summed E-state index contributed by atoms with van der Waals surface area (Å²) in [4.78, 5) is 16.1. The molecule has 4 heterocycles. The van der Waals surface area contributed by atoms with Crippen LogP contribution in [0.5, 0.6) is 0 Å². The summed E-state index contributed by atoms with van der Waals surface area (Å²) in [5.74, 6) is -0.436. The molecule has 0 atom stereocenters. The van der Waals surface area contributed by atoms with E-state index in [2.05, 4.69) is 19.9 Å². The van der Waals surface area contributed by atoms with Crippen LogP contribution < -0.4 is 0 Å². The fourth-order valence-corrected chi connectivity index (χ4v) is 3.57. The molecule has 2 N–H and O–H groups in total. The van der Waals surface area contributed by atoms with Gasteiger partial charge in [0.15, 0.2) is 0 Å². The van der Waals surface area contributed by atoms with Crippen LogP contribution in [0, 0.1) is 5.82 Å². The van der Waals surface area contributed by atoms with E-state index in [1.165, 1.54) is 6.20 Å². The van der Waals surface area contributed by atoms with Crippen molar-refractivity contribution in [2.45, 2.75) is 6.61 Å². The first kappa shape index (κ1) is 16.5. The minimum absolute atomic E-state index is 0.176. The second-order valence-corrected chi connectivity index (χ2v) is 6.50. The summed E-state index contributed by atoms with van der Waals surface area (Å²) in [6, 6.07) is 12.9. The minimum atomic E-state index is -0.436. The van der Waals surface area contributed by atoms with Gasteiger partial charge in [-0.15, -0.1) is 0 Å². The lowest BCUT2D eigenvalue weighted by atomic mass is 9.96. The molecule has 0 aliphatic heterocycles. The number of aromatic nitrogens is 4. The first-order valence-electron chi connectivity index (χ1n) is 8.81. The highest BCUT2D eigenvalue weighted by Gasteiger charge is 2.18. The molecular weight excluding hydrogens is 355 g/mol. The Hall–Kier alpha value is -3.64. The van der Waals surface area contributed by atoms with Crippen molar-refractivity contribution in [3.63, 3.8) is 0 Å². The zero-order chi connectivity index (χ0) is 19.1. The van der Waals surface area contributed by atoms with Crippen molar-refractivity contribution in [1.29, 1.82) is 0 Å². The normalized spacial score (nSPS) is 11.4. The minimum Gasteiger partial charge on any atom is -0.392 e. The van der Waals surface area contributed by atoms with Crippen LogP contribution >= 0.6 is 0 Å². The number of H-pyrrole nitrogens is 1. The van der Waals surface area contributed by atoms with Crippen molar-refractivity contribution < 1.29 is 9.50 Å². The number of aliphatic hydroxyl groups excluding tert-OH is 1. The van der Waals surface area contributed by atoms with E-state index in [9.17, 15) is 9.50 Å². The fourth-order valence-electron chi connectivity index (χ4n) is 3.57. The van der Waals surface area contributed by atoms with Crippen LogP contribution in [0.25, 0.3) is 44.3 Å². The Morgan fingerprint density at radius 1 is 1.00 bits per heavy atom. The topological polar surface area (TPSA) is 74.7 Å². The van der Waals surface area contributed by atoms with E-state index >= 15 is 0 Å². The van der Waals surface area contributed by atoms with Crippen LogP contribution in [0.15, 0.2) is 67.3 Å². The second-order valence-electron chi connectivity index (χ2n) is 6.50. The molecule has 0 amide bonds. The number of benzene rings is 1. The van der Waals surface area contributed by atoms with Crippen molar-refractivity contribution in [1.82, 2.24) is 19.9 Å². The molecule has 5 aromatic rings. The fraction of sp³-hybridized carbons (Fsp3) is 0.0455. The largest absolute Gasteiger partial charge is 0.392 e. The Bertz CT molecular complexity index is 1310. The number of hydrogen-bond acceptors (Lipinski definition) is 4. The third kappa shape index (κ3) is 2.54. The maximum atomic E-state index is 15.0. The predicted octanol–water partition coefficient (Wildman–Crippen LogP) is 4.47. The molecule has 0 unspecified atom stereocenters. The third-order valence-electron chi connectivity index (χ3n) is 4.87. The van der Waals surface area contributed by atoms with Gasteiger partial charge in [0, 0.05) is 34.3 Å². The SMILES string of the molecule is OCc1ccccc1-c1c(F)cnc2[nH]c3cnc(-c4cccnc4)cc3c12. The van der Waals surface area contributed by atoms with Gasteiger partial charge < -0.3 is 10.1 Å². The van der Waals surface area contributed by atoms with Crippen molar-refractivity contribution in [2.24, 2.45) is 0 Å². The number of nitrogens with zero attached hydrogens (tertiary/aromatic N) is 3. The van der Waals surface area contributed by atoms with Crippen molar-refractivity contribution in [2.75, 3.05) is 0 Å². The van der Waals surface area contributed by atoms with Gasteiger partial charge in [-0.05, 0) is 29.3 Å². The highest BCUT2D eigenvalue weighted by molar-refractivity contribution is 6.13. The molecule has 0 saturated heterocycles. The van der Waals surface area contributed by atoms with E-state index in [-0.39, 0.29) is 6.61 Å². The van der Waals surface area contributed by atoms with E-state index in [1.54, 1.807) is 24.7 Å². The van der Waals surface area contributed by atoms with E-state index in [0.717, 1.165) is 22.2 Å². The molecule has 6 heteroatoms. The lowest BCUT2D eigenvalue weighted by Gasteiger charge is -2.10. The summed E-state index contributed by atoms with van der Waals surface area (Å²) < 4.78 is 15.0. The number of fused-ring (bicyclic) bond motifs is 3. The van der Waals surface area contributed by atoms with Crippen molar-refractivity contribution >= 4 is 21.9 Å². The molecule has 0 aliphatic rings. The lowest BCUT2D eigenvalue weighted by Crippen LogP contribution is -1.94. The second kappa shape index (κ2) is 6.51. The Kier molecular flexibility index (Phi) is 3.84. The third-order valence-corrected chi connectivity index (χ3v) is 4.87. The van der Waals surface area contributed by atoms with Crippen LogP contribution in [0.1, 0.15) is 5.56 Å². The maximum absolute atomic E-state index is 15.0. The molecule has 0 spiro atoms. The van der Waals surface area contributed by atoms with Crippen LogP contribution in [-0.2, 0) is 6.61 Å². The zero-order valence-electron chi connectivity index (χ0n) is 14.7. The molecule has 0 aliphatic carbocycles. The average molecular weight is 370 g/mol. The Labute approximate surface area is 159 Å². The first-order valence-corrected chi connectivity index (χ1v) is 8.81. The van der Waals surface area contributed by atoms with Gasteiger partial charge in [0.1, 0.15) is 11.5 Å². The predicted molar refractivity (Wildman–Crippen MR) is 106 cm³/mol. The molecule has 0 bridgehead atoms. The first-order chi connectivity index (χ1) is 13.8. The van der Waals surface area contributed by atoms with Gasteiger partial charge in [-0.1, -0.05) is 24.3 Å². The maximum Gasteiger partial charge on any atom is 0.150 e. The summed E-state index contributed by atoms with van der Waals surface area (Å²) in [5.41, 5.74) is 4.69. The van der Waals surface area contributed by atoms with Gasteiger partial charge in [-0.2, -0.15) is 0 Å². The van der Waals surface area contributed by atoms with Crippen LogP contribution in [0.2, 0.25) is 0 Å². The van der Waals surface area contributed by atoms with Crippen LogP contribution in [0.4, 0.5) is 4.39 Å². The zero-order valence-corrected chi connectivity index (χ0v) is 14.7. The van der Waals surface area contributed by atoms with Gasteiger partial charge in [0.05, 0.1) is 30.2 Å². The Morgan fingerprint density at radius 3 is 2.71 bits per heavy atom. The summed E-state index contributed by atoms with van der Waals surface area (Å²) in [5, 5.41) is 11.2. The molecule has 0 fully saturated rings. The average Bonchev–Trinajstić information content (AvgIpc) is 3.12. The van der Waals surface area contributed by atoms with Crippen molar-refractivity contribution in [3.8, 4) is 22.4 Å². The number of pyridine rings is 3. The van der Waals surface area contributed by atoms with Crippen LogP contribution in [-0.4, -0.2) is 25.0 Å². The molecule has 5 rings (SSSR count). The smallest absolute Gasteiger partial charge is 0.150 e. The summed E-state index contributed by atoms with van der Waals surface area (Å²) >= 11 is 0. The number of halogens is 1. The van der Waals surface area contributed by atoms with Crippen molar-refractivity contribution in [3.05, 3.63) is 78.6 Å². The highest BCUT2D eigenvalue weighted by Crippen LogP contribution is 2.37. The summed E-state index contributed by atoms with van der Waals surface area (Å²) in [6.45, 7) is -0.176. The van der Waals surface area contributed by atoms with E-state index in [1.807, 2.05) is 36.4 Å². The number of aliphatic hydroxyl groups is 1.